The molecule has 21 heavy (non-hydrogen) atoms. The molecule has 1 aromatic rings. The van der Waals surface area contributed by atoms with Gasteiger partial charge in [-0.05, 0) is 43.9 Å². The number of hydrogen-bond donors (Lipinski definition) is 4. The molecule has 1 unspecified atom stereocenters. The second-order valence-electron chi connectivity index (χ2n) is 5.99. The molecule has 1 amide bonds. The van der Waals surface area contributed by atoms with Crippen LogP contribution in [0.25, 0.3) is 0 Å². The van der Waals surface area contributed by atoms with Gasteiger partial charge in [0.05, 0.1) is 11.6 Å². The van der Waals surface area contributed by atoms with Crippen LogP contribution in [-0.4, -0.2) is 50.9 Å². The van der Waals surface area contributed by atoms with Crippen molar-refractivity contribution < 1.29 is 20.1 Å². The fourth-order valence-electron chi connectivity index (χ4n) is 2.68. The van der Waals surface area contributed by atoms with E-state index in [2.05, 4.69) is 0 Å². The lowest BCUT2D eigenvalue weighted by atomic mass is 9.94. The highest BCUT2D eigenvalue weighted by atomic mass is 16.3. The minimum atomic E-state index is -0.857. The molecule has 1 heterocycles. The van der Waals surface area contributed by atoms with Gasteiger partial charge in [0.1, 0.15) is 0 Å². The van der Waals surface area contributed by atoms with Crippen molar-refractivity contribution in [2.24, 2.45) is 5.73 Å². The molecule has 0 bridgehead atoms. The first-order valence-electron chi connectivity index (χ1n) is 7.06. The topological polar surface area (TPSA) is 107 Å². The van der Waals surface area contributed by atoms with Crippen LogP contribution in [0.1, 0.15) is 25.3 Å². The van der Waals surface area contributed by atoms with Crippen molar-refractivity contribution in [2.45, 2.75) is 37.8 Å². The minimum Gasteiger partial charge on any atom is -0.504 e. The number of carbonyl (C=O) groups is 1. The van der Waals surface area contributed by atoms with Gasteiger partial charge in [-0.15, -0.1) is 0 Å². The quantitative estimate of drug-likeness (QED) is 0.601. The lowest BCUT2D eigenvalue weighted by molar-refractivity contribution is -0.138. The Morgan fingerprint density at radius 2 is 2.14 bits per heavy atom. The van der Waals surface area contributed by atoms with E-state index in [-0.39, 0.29) is 23.8 Å². The highest BCUT2D eigenvalue weighted by Gasteiger charge is 2.32. The van der Waals surface area contributed by atoms with Gasteiger partial charge in [0.2, 0.25) is 5.91 Å². The first-order valence-corrected chi connectivity index (χ1v) is 7.06. The van der Waals surface area contributed by atoms with Crippen molar-refractivity contribution in [3.05, 3.63) is 23.8 Å². The summed E-state index contributed by atoms with van der Waals surface area (Å²) in [5.74, 6) is -0.638. The highest BCUT2D eigenvalue weighted by Crippen LogP contribution is 2.26. The summed E-state index contributed by atoms with van der Waals surface area (Å²) < 4.78 is 0. The van der Waals surface area contributed by atoms with Crippen LogP contribution in [0.5, 0.6) is 11.5 Å². The molecule has 2 atom stereocenters. The molecule has 1 aliphatic heterocycles. The van der Waals surface area contributed by atoms with Gasteiger partial charge in [-0.25, -0.2) is 0 Å². The second-order valence-corrected chi connectivity index (χ2v) is 5.99. The monoisotopic (exact) mass is 294 g/mol. The summed E-state index contributed by atoms with van der Waals surface area (Å²) in [5.41, 5.74) is 5.76. The number of amides is 1. The van der Waals surface area contributed by atoms with E-state index in [0.717, 1.165) is 6.42 Å². The van der Waals surface area contributed by atoms with Crippen LogP contribution in [0.4, 0.5) is 0 Å². The predicted molar refractivity (Wildman–Crippen MR) is 77.9 cm³/mol. The first-order chi connectivity index (χ1) is 9.78. The summed E-state index contributed by atoms with van der Waals surface area (Å²) in [6.45, 7) is 2.61. The van der Waals surface area contributed by atoms with Crippen LogP contribution >= 0.6 is 0 Å². The van der Waals surface area contributed by atoms with E-state index in [1.165, 1.54) is 12.1 Å². The molecule has 0 radical (unpaired) electrons. The zero-order valence-corrected chi connectivity index (χ0v) is 12.1. The molecule has 2 rings (SSSR count). The van der Waals surface area contributed by atoms with Crippen molar-refractivity contribution in [1.82, 2.24) is 4.90 Å². The molecule has 0 spiro atoms. The van der Waals surface area contributed by atoms with E-state index in [9.17, 15) is 20.1 Å². The third kappa shape index (κ3) is 3.86. The number of phenols is 2. The summed E-state index contributed by atoms with van der Waals surface area (Å²) in [6.07, 6.45) is 1.70. The number of hydrogen-bond acceptors (Lipinski definition) is 5. The maximum absolute atomic E-state index is 12.3. The number of phenolic OH excluding ortho intramolecular Hbond substituents is 2. The standard InChI is InChI=1S/C15H22N2O4/c1-15(21)5-2-6-17(9-15)14(20)11(16)7-10-3-4-12(18)13(19)8-10/h3-4,8,11,18-19,21H,2,5-7,9,16H2,1H3/t11-,15?/m0/s1. The Kier molecular flexibility index (Phi) is 4.39. The average Bonchev–Trinajstić information content (AvgIpc) is 2.41. The smallest absolute Gasteiger partial charge is 0.239 e. The molecule has 1 saturated heterocycles. The number of nitrogens with two attached hydrogens (primary N) is 1. The van der Waals surface area contributed by atoms with Gasteiger partial charge in [0.15, 0.2) is 11.5 Å². The lowest BCUT2D eigenvalue weighted by Crippen LogP contribution is -2.53. The summed E-state index contributed by atoms with van der Waals surface area (Å²) in [4.78, 5) is 13.9. The lowest BCUT2D eigenvalue weighted by Gasteiger charge is -2.38. The summed E-state index contributed by atoms with van der Waals surface area (Å²) in [7, 11) is 0. The van der Waals surface area contributed by atoms with E-state index in [1.54, 1.807) is 17.9 Å². The molecular formula is C15H22N2O4. The Balaban J connectivity index is 2.00. The van der Waals surface area contributed by atoms with Crippen LogP contribution in [0.2, 0.25) is 0 Å². The fraction of sp³-hybridized carbons (Fsp3) is 0.533. The molecule has 6 heteroatoms. The van der Waals surface area contributed by atoms with Gasteiger partial charge in [0, 0.05) is 13.1 Å². The Bertz CT molecular complexity index is 530. The number of benzene rings is 1. The van der Waals surface area contributed by atoms with Gasteiger partial charge >= 0.3 is 0 Å². The van der Waals surface area contributed by atoms with Gasteiger partial charge in [0.25, 0.3) is 0 Å². The SMILES string of the molecule is CC1(O)CCCN(C(=O)[C@@H](N)Cc2ccc(O)c(O)c2)C1. The molecule has 5 N–H and O–H groups in total. The number of nitrogens with zero attached hydrogens (tertiary/aromatic N) is 1. The number of rotatable bonds is 3. The molecule has 0 aromatic heterocycles. The first kappa shape index (κ1) is 15.6. The van der Waals surface area contributed by atoms with Crippen LogP contribution in [0.3, 0.4) is 0 Å². The Labute approximate surface area is 123 Å². The summed E-state index contributed by atoms with van der Waals surface area (Å²) in [6, 6.07) is 3.65. The Morgan fingerprint density at radius 3 is 2.76 bits per heavy atom. The van der Waals surface area contributed by atoms with Crippen LogP contribution < -0.4 is 5.73 Å². The van der Waals surface area contributed by atoms with E-state index < -0.39 is 11.6 Å². The number of β-amino-alcohol motifs (C(OH)–C–C–N with tert-alkyl or cyclic N) is 1. The summed E-state index contributed by atoms with van der Waals surface area (Å²) >= 11 is 0. The van der Waals surface area contributed by atoms with E-state index in [0.29, 0.717) is 25.1 Å². The average molecular weight is 294 g/mol. The predicted octanol–water partition coefficient (Wildman–Crippen LogP) is 0.341. The highest BCUT2D eigenvalue weighted by molar-refractivity contribution is 5.82. The molecule has 0 saturated carbocycles. The second kappa shape index (κ2) is 5.91. The number of carbonyl (C=O) groups excluding carboxylic acids is 1. The van der Waals surface area contributed by atoms with Crippen molar-refractivity contribution in [3.63, 3.8) is 0 Å². The number of likely N-dealkylation sites (tertiary alicyclic amines) is 1. The fourth-order valence-corrected chi connectivity index (χ4v) is 2.68. The van der Waals surface area contributed by atoms with Gasteiger partial charge in [-0.3, -0.25) is 4.79 Å². The molecule has 1 fully saturated rings. The molecule has 0 aliphatic carbocycles. The van der Waals surface area contributed by atoms with Gasteiger partial charge < -0.3 is 26.0 Å². The van der Waals surface area contributed by atoms with Crippen LogP contribution in [0, 0.1) is 0 Å². The van der Waals surface area contributed by atoms with E-state index in [1.807, 2.05) is 0 Å². The Morgan fingerprint density at radius 1 is 1.43 bits per heavy atom. The van der Waals surface area contributed by atoms with Crippen LogP contribution in [0.15, 0.2) is 18.2 Å². The largest absolute Gasteiger partial charge is 0.504 e. The van der Waals surface area contributed by atoms with Crippen molar-refractivity contribution >= 4 is 5.91 Å². The Hall–Kier alpha value is -1.79. The maximum Gasteiger partial charge on any atom is 0.239 e. The third-order valence-corrected chi connectivity index (χ3v) is 3.80. The molecule has 1 aromatic carbocycles. The maximum atomic E-state index is 12.3. The normalized spacial score (nSPS) is 23.9. The minimum absolute atomic E-state index is 0.203. The number of aromatic hydroxyl groups is 2. The van der Waals surface area contributed by atoms with E-state index >= 15 is 0 Å². The molecular weight excluding hydrogens is 272 g/mol. The number of piperidine rings is 1. The molecule has 6 nitrogen and oxygen atoms in total. The molecule has 1 aliphatic rings. The van der Waals surface area contributed by atoms with Crippen molar-refractivity contribution in [3.8, 4) is 11.5 Å². The van der Waals surface area contributed by atoms with Crippen molar-refractivity contribution in [2.75, 3.05) is 13.1 Å². The number of aliphatic hydroxyl groups is 1. The zero-order valence-electron chi connectivity index (χ0n) is 12.1. The zero-order chi connectivity index (χ0) is 15.6. The third-order valence-electron chi connectivity index (χ3n) is 3.80. The summed E-state index contributed by atoms with van der Waals surface area (Å²) in [5, 5.41) is 28.8. The van der Waals surface area contributed by atoms with E-state index in [4.69, 9.17) is 5.73 Å². The van der Waals surface area contributed by atoms with Crippen molar-refractivity contribution in [1.29, 1.82) is 0 Å². The molecule has 116 valence electrons. The van der Waals surface area contributed by atoms with Gasteiger partial charge in [-0.1, -0.05) is 6.07 Å². The van der Waals surface area contributed by atoms with Crippen LogP contribution in [-0.2, 0) is 11.2 Å². The van der Waals surface area contributed by atoms with Gasteiger partial charge in [-0.2, -0.15) is 0 Å².